The Kier molecular flexibility index (Phi) is 8.55. The number of benzene rings is 4. The molecule has 1 N–H and O–H groups in total. The molecular formula is C37H36N2O4. The van der Waals surface area contributed by atoms with Gasteiger partial charge in [0.25, 0.3) is 0 Å². The molecule has 6 heteroatoms. The van der Waals surface area contributed by atoms with E-state index in [1.54, 1.807) is 0 Å². The summed E-state index contributed by atoms with van der Waals surface area (Å²) in [5, 5.41) is 5.89. The zero-order valence-electron chi connectivity index (χ0n) is 24.4. The molecule has 4 aromatic carbocycles. The molecule has 1 atom stereocenters. The van der Waals surface area contributed by atoms with Gasteiger partial charge in [0.2, 0.25) is 0 Å². The maximum Gasteiger partial charge on any atom is 0.328 e. The molecule has 0 spiro atoms. The second-order valence-corrected chi connectivity index (χ2v) is 11.0. The summed E-state index contributed by atoms with van der Waals surface area (Å²) in [7, 11) is 1.40. The molecule has 6 rings (SSSR count). The van der Waals surface area contributed by atoms with E-state index in [2.05, 4.69) is 58.4 Å². The number of allylic oxidation sites excluding steroid dienone is 2. The highest BCUT2D eigenvalue weighted by atomic mass is 16.5. The van der Waals surface area contributed by atoms with Crippen molar-refractivity contribution < 1.29 is 19.1 Å². The van der Waals surface area contributed by atoms with Gasteiger partial charge in [0.1, 0.15) is 18.4 Å². The van der Waals surface area contributed by atoms with Crippen LogP contribution < -0.4 is 10.1 Å². The molecule has 5 aromatic rings. The van der Waals surface area contributed by atoms with Crippen LogP contribution in [0.1, 0.15) is 41.6 Å². The molecule has 0 fully saturated rings. The lowest BCUT2D eigenvalue weighted by Crippen LogP contribution is -2.40. The summed E-state index contributed by atoms with van der Waals surface area (Å²) >= 11 is 0. The van der Waals surface area contributed by atoms with E-state index in [-0.39, 0.29) is 11.8 Å². The predicted octanol–water partition coefficient (Wildman–Crippen LogP) is 7.26. The zero-order valence-corrected chi connectivity index (χ0v) is 24.4. The van der Waals surface area contributed by atoms with Crippen LogP contribution >= 0.6 is 0 Å². The van der Waals surface area contributed by atoms with Crippen molar-refractivity contribution in [3.8, 4) is 5.75 Å². The molecule has 1 heterocycles. The Morgan fingerprint density at radius 2 is 1.42 bits per heavy atom. The summed E-state index contributed by atoms with van der Waals surface area (Å²) < 4.78 is 13.6. The van der Waals surface area contributed by atoms with E-state index in [0.29, 0.717) is 25.0 Å². The Bertz CT molecular complexity index is 1720. The highest BCUT2D eigenvalue weighted by molar-refractivity contribution is 6.09. The fourth-order valence-corrected chi connectivity index (χ4v) is 6.08. The van der Waals surface area contributed by atoms with Gasteiger partial charge in [-0.05, 0) is 55.5 Å². The fourth-order valence-electron chi connectivity index (χ4n) is 6.08. The molecule has 0 bridgehead atoms. The number of carbonyl (C=O) groups excluding carboxylic acids is 2. The number of carbonyl (C=O) groups is 2. The summed E-state index contributed by atoms with van der Waals surface area (Å²) in [6.45, 7) is 1.25. The summed E-state index contributed by atoms with van der Waals surface area (Å²) in [6, 6.07) is 33.5. The number of rotatable bonds is 11. The van der Waals surface area contributed by atoms with Gasteiger partial charge < -0.3 is 19.4 Å². The van der Waals surface area contributed by atoms with Crippen molar-refractivity contribution in [2.75, 3.05) is 13.7 Å². The van der Waals surface area contributed by atoms with Crippen molar-refractivity contribution in [3.05, 3.63) is 126 Å². The topological polar surface area (TPSA) is 69.6 Å². The highest BCUT2D eigenvalue weighted by Gasteiger charge is 2.26. The summed E-state index contributed by atoms with van der Waals surface area (Å²) in [6.07, 6.45) is 3.80. The minimum absolute atomic E-state index is 0.0221. The molecule has 0 unspecified atom stereocenters. The molecule has 0 radical (unpaired) electrons. The van der Waals surface area contributed by atoms with E-state index in [1.807, 2.05) is 54.6 Å². The second-order valence-electron chi connectivity index (χ2n) is 11.0. The van der Waals surface area contributed by atoms with Crippen LogP contribution in [0.2, 0.25) is 0 Å². The molecule has 43 heavy (non-hydrogen) atoms. The number of hydrogen-bond donors (Lipinski definition) is 1. The van der Waals surface area contributed by atoms with Crippen LogP contribution in [0.15, 0.2) is 114 Å². The van der Waals surface area contributed by atoms with E-state index in [9.17, 15) is 9.59 Å². The van der Waals surface area contributed by atoms with Gasteiger partial charge in [-0.15, -0.1) is 0 Å². The van der Waals surface area contributed by atoms with Crippen molar-refractivity contribution in [1.29, 1.82) is 0 Å². The van der Waals surface area contributed by atoms with E-state index < -0.39 is 6.04 Å². The third kappa shape index (κ3) is 6.19. The minimum atomic E-state index is -0.598. The fraction of sp³-hybridized carbons (Fsp3) is 0.243. The Balaban J connectivity index is 1.13. The van der Waals surface area contributed by atoms with Gasteiger partial charge in [-0.2, -0.15) is 0 Å². The number of nitrogens with zero attached hydrogens (tertiary/aromatic N) is 1. The molecule has 6 nitrogen and oxygen atoms in total. The number of Topliss-reactive ketones (excluding diaryl/α,β-unsaturated/α-hetero) is 1. The van der Waals surface area contributed by atoms with Crippen molar-refractivity contribution in [1.82, 2.24) is 9.88 Å². The number of aromatic nitrogens is 1. The van der Waals surface area contributed by atoms with Crippen LogP contribution in [-0.4, -0.2) is 36.1 Å². The van der Waals surface area contributed by atoms with Crippen molar-refractivity contribution in [3.63, 3.8) is 0 Å². The normalized spacial score (nSPS) is 14.1. The maximum atomic E-state index is 13.3. The third-order valence-electron chi connectivity index (χ3n) is 8.24. The van der Waals surface area contributed by atoms with Crippen LogP contribution in [0, 0.1) is 0 Å². The van der Waals surface area contributed by atoms with Gasteiger partial charge in [-0.25, -0.2) is 4.79 Å². The average molecular weight is 573 g/mol. The Morgan fingerprint density at radius 1 is 0.791 bits per heavy atom. The third-order valence-corrected chi connectivity index (χ3v) is 8.24. The van der Waals surface area contributed by atoms with Crippen molar-refractivity contribution in [2.24, 2.45) is 0 Å². The van der Waals surface area contributed by atoms with Crippen LogP contribution in [0.3, 0.4) is 0 Å². The Labute approximate surface area is 251 Å². The number of methoxy groups -OCH3 is 1. The standard InChI is InChI=1S/C37H36N2O4/c1-42-37(41)33(38-32-16-8-5-15-31(32)36(40)27-11-3-2-4-12-27)25-26-19-21-28(22-20-26)43-24-23-39-34-17-9-6-13-29(34)30-14-7-10-18-35(30)39/h2-4,6-7,9-14,17-22,33,38H,5,8,15-16,23-25H2,1H3/t33-/m0/s1. The highest BCUT2D eigenvalue weighted by Crippen LogP contribution is 2.29. The van der Waals surface area contributed by atoms with Crippen LogP contribution in [0.4, 0.5) is 0 Å². The molecule has 0 saturated heterocycles. The molecule has 1 aliphatic carbocycles. The molecule has 218 valence electrons. The Morgan fingerprint density at radius 3 is 2.09 bits per heavy atom. The van der Waals surface area contributed by atoms with Crippen molar-refractivity contribution >= 4 is 33.6 Å². The monoisotopic (exact) mass is 572 g/mol. The molecule has 1 aliphatic rings. The van der Waals surface area contributed by atoms with Crippen LogP contribution in [0.25, 0.3) is 21.8 Å². The summed E-state index contributed by atoms with van der Waals surface area (Å²) in [4.78, 5) is 26.1. The van der Waals surface area contributed by atoms with Crippen LogP contribution in [-0.2, 0) is 22.5 Å². The quantitative estimate of drug-likeness (QED) is 0.133. The maximum absolute atomic E-state index is 13.3. The number of ketones is 1. The van der Waals surface area contributed by atoms with E-state index in [0.717, 1.165) is 48.4 Å². The first-order valence-electron chi connectivity index (χ1n) is 15.0. The van der Waals surface area contributed by atoms with E-state index in [4.69, 9.17) is 9.47 Å². The largest absolute Gasteiger partial charge is 0.492 e. The average Bonchev–Trinajstić information content (AvgIpc) is 3.38. The smallest absolute Gasteiger partial charge is 0.328 e. The first kappa shape index (κ1) is 28.3. The number of esters is 1. The molecule has 0 amide bonds. The lowest BCUT2D eigenvalue weighted by molar-refractivity contribution is -0.142. The summed E-state index contributed by atoms with van der Waals surface area (Å²) in [5.41, 5.74) is 5.65. The number of fused-ring (bicyclic) bond motifs is 3. The zero-order chi connectivity index (χ0) is 29.6. The molecule has 0 saturated carbocycles. The summed E-state index contributed by atoms with van der Waals surface area (Å²) in [5.74, 6) is 0.447. The van der Waals surface area contributed by atoms with Gasteiger partial charge >= 0.3 is 5.97 Å². The Hall–Kier alpha value is -4.84. The van der Waals surface area contributed by atoms with Crippen molar-refractivity contribution in [2.45, 2.75) is 44.7 Å². The van der Waals surface area contributed by atoms with E-state index >= 15 is 0 Å². The number of para-hydroxylation sites is 2. The van der Waals surface area contributed by atoms with Gasteiger partial charge in [0.05, 0.1) is 13.7 Å². The van der Waals surface area contributed by atoms with Gasteiger partial charge in [-0.1, -0.05) is 78.9 Å². The first-order chi connectivity index (χ1) is 21.1. The molecule has 1 aromatic heterocycles. The van der Waals surface area contributed by atoms with Crippen LogP contribution in [0.5, 0.6) is 5.75 Å². The first-order valence-corrected chi connectivity index (χ1v) is 15.0. The van der Waals surface area contributed by atoms with Gasteiger partial charge in [0, 0.05) is 45.1 Å². The van der Waals surface area contributed by atoms with E-state index in [1.165, 1.54) is 28.9 Å². The van der Waals surface area contributed by atoms with Gasteiger partial charge in [-0.3, -0.25) is 4.79 Å². The number of nitrogens with one attached hydrogen (secondary N) is 1. The number of ether oxygens (including phenoxy) is 2. The lowest BCUT2D eigenvalue weighted by Gasteiger charge is -2.25. The van der Waals surface area contributed by atoms with Gasteiger partial charge in [0.15, 0.2) is 5.78 Å². The molecule has 0 aliphatic heterocycles. The predicted molar refractivity (Wildman–Crippen MR) is 170 cm³/mol. The second kappa shape index (κ2) is 13.0. The minimum Gasteiger partial charge on any atom is -0.492 e. The number of hydrogen-bond acceptors (Lipinski definition) is 5. The lowest BCUT2D eigenvalue weighted by atomic mass is 9.90. The SMILES string of the molecule is COC(=O)[C@H](Cc1ccc(OCCn2c3ccccc3c3ccccc32)cc1)NC1=C(C(=O)c2ccccc2)CCCC1. The molecular weight excluding hydrogens is 536 g/mol.